The Morgan fingerprint density at radius 1 is 0.962 bits per heavy atom. The van der Waals surface area contributed by atoms with Crippen molar-refractivity contribution in [1.82, 2.24) is 10.6 Å². The monoisotopic (exact) mass is 370 g/mol. The van der Waals surface area contributed by atoms with Gasteiger partial charge in [0.25, 0.3) is 5.91 Å². The summed E-state index contributed by atoms with van der Waals surface area (Å²) in [6.07, 6.45) is -4.77. The highest BCUT2D eigenvalue weighted by Crippen LogP contribution is 2.22. The van der Waals surface area contributed by atoms with E-state index in [0.717, 1.165) is 18.2 Å². The molecular weight excluding hydrogens is 356 g/mol. The molecule has 2 rings (SSSR count). The fourth-order valence-electron chi connectivity index (χ4n) is 1.97. The van der Waals surface area contributed by atoms with E-state index in [2.05, 4.69) is 15.4 Å². The largest absolute Gasteiger partial charge is 0.573 e. The molecule has 0 atom stereocenters. The normalized spacial score (nSPS) is 10.9. The zero-order valence-electron chi connectivity index (χ0n) is 13.3. The van der Waals surface area contributed by atoms with Crippen molar-refractivity contribution in [3.63, 3.8) is 0 Å². The predicted octanol–water partition coefficient (Wildman–Crippen LogP) is 2.77. The number of carbonyl (C=O) groups excluding carboxylic acids is 2. The van der Waals surface area contributed by atoms with Gasteiger partial charge in [0.05, 0.1) is 12.1 Å². The third-order valence-electron chi connectivity index (χ3n) is 3.17. The molecule has 0 aliphatic heterocycles. The highest BCUT2D eigenvalue weighted by molar-refractivity contribution is 5.96. The van der Waals surface area contributed by atoms with Crippen LogP contribution in [0.1, 0.15) is 15.9 Å². The number of rotatable bonds is 6. The van der Waals surface area contributed by atoms with Crippen molar-refractivity contribution in [1.29, 1.82) is 0 Å². The van der Waals surface area contributed by atoms with Gasteiger partial charge in [0.2, 0.25) is 5.91 Å². The van der Waals surface area contributed by atoms with Crippen LogP contribution in [0.4, 0.5) is 17.6 Å². The lowest BCUT2D eigenvalue weighted by atomic mass is 10.2. The van der Waals surface area contributed by atoms with Gasteiger partial charge in [0, 0.05) is 6.54 Å². The summed E-state index contributed by atoms with van der Waals surface area (Å²) in [4.78, 5) is 23.5. The van der Waals surface area contributed by atoms with E-state index in [0.29, 0.717) is 5.56 Å². The van der Waals surface area contributed by atoms with Crippen molar-refractivity contribution in [2.45, 2.75) is 12.9 Å². The second kappa shape index (κ2) is 8.32. The molecule has 2 aromatic rings. The van der Waals surface area contributed by atoms with Gasteiger partial charge in [0.15, 0.2) is 0 Å². The first-order valence-corrected chi connectivity index (χ1v) is 7.39. The van der Waals surface area contributed by atoms with Crippen molar-refractivity contribution in [2.75, 3.05) is 6.54 Å². The number of benzene rings is 2. The number of nitrogens with one attached hydrogen (secondary N) is 2. The summed E-state index contributed by atoms with van der Waals surface area (Å²) < 4.78 is 53.3. The number of halogens is 4. The van der Waals surface area contributed by atoms with E-state index in [9.17, 15) is 27.2 Å². The molecule has 0 heterocycles. The molecule has 2 N–H and O–H groups in total. The Balaban J connectivity index is 1.78. The minimum absolute atomic E-state index is 0.0424. The van der Waals surface area contributed by atoms with Gasteiger partial charge < -0.3 is 15.4 Å². The maximum Gasteiger partial charge on any atom is 0.573 e. The Kier molecular flexibility index (Phi) is 6.16. The third-order valence-corrected chi connectivity index (χ3v) is 3.17. The molecule has 0 unspecified atom stereocenters. The van der Waals surface area contributed by atoms with Crippen molar-refractivity contribution < 1.29 is 31.9 Å². The Labute approximate surface area is 146 Å². The molecule has 0 aromatic heterocycles. The van der Waals surface area contributed by atoms with E-state index in [4.69, 9.17) is 0 Å². The minimum Gasteiger partial charge on any atom is -0.406 e. The summed E-state index contributed by atoms with van der Waals surface area (Å²) in [5.41, 5.74) is 0.355. The fraction of sp³-hybridized carbons (Fsp3) is 0.176. The summed E-state index contributed by atoms with van der Waals surface area (Å²) in [5.74, 6) is -2.34. The molecule has 26 heavy (non-hydrogen) atoms. The van der Waals surface area contributed by atoms with Crippen LogP contribution in [0, 0.1) is 5.82 Å². The second-order valence-corrected chi connectivity index (χ2v) is 5.13. The van der Waals surface area contributed by atoms with Crippen LogP contribution in [0.5, 0.6) is 5.75 Å². The summed E-state index contributed by atoms with van der Waals surface area (Å²) in [5, 5.41) is 4.75. The van der Waals surface area contributed by atoms with E-state index in [1.807, 2.05) is 0 Å². The van der Waals surface area contributed by atoms with Gasteiger partial charge in [0.1, 0.15) is 11.6 Å². The first-order chi connectivity index (χ1) is 12.2. The topological polar surface area (TPSA) is 67.4 Å². The number of ether oxygens (including phenoxy) is 1. The van der Waals surface area contributed by atoms with Gasteiger partial charge in [-0.3, -0.25) is 9.59 Å². The summed E-state index contributed by atoms with van der Waals surface area (Å²) in [6.45, 7) is -0.330. The van der Waals surface area contributed by atoms with Crippen molar-refractivity contribution in [3.8, 4) is 5.75 Å². The molecule has 2 aromatic carbocycles. The van der Waals surface area contributed by atoms with Crippen LogP contribution < -0.4 is 15.4 Å². The first kappa shape index (κ1) is 19.2. The van der Waals surface area contributed by atoms with Crippen LogP contribution in [-0.4, -0.2) is 24.7 Å². The molecule has 2 amide bonds. The highest BCUT2D eigenvalue weighted by Gasteiger charge is 2.30. The van der Waals surface area contributed by atoms with Crippen LogP contribution in [-0.2, 0) is 11.3 Å². The molecule has 0 fully saturated rings. The molecule has 0 saturated heterocycles. The highest BCUT2D eigenvalue weighted by atomic mass is 19.4. The summed E-state index contributed by atoms with van der Waals surface area (Å²) >= 11 is 0. The first-order valence-electron chi connectivity index (χ1n) is 7.39. The average molecular weight is 370 g/mol. The SMILES string of the molecule is O=C(CNC(=O)c1ccccc1F)NCc1ccc(OC(F)(F)F)cc1. The molecular formula is C17H14F4N2O3. The van der Waals surface area contributed by atoms with Gasteiger partial charge in [-0.05, 0) is 29.8 Å². The van der Waals surface area contributed by atoms with E-state index in [1.165, 1.54) is 30.3 Å². The number of carbonyl (C=O) groups is 2. The van der Waals surface area contributed by atoms with Crippen molar-refractivity contribution >= 4 is 11.8 Å². The molecule has 0 aliphatic rings. The van der Waals surface area contributed by atoms with Gasteiger partial charge in [-0.25, -0.2) is 4.39 Å². The lowest BCUT2D eigenvalue weighted by Gasteiger charge is -2.10. The third kappa shape index (κ3) is 6.08. The van der Waals surface area contributed by atoms with Gasteiger partial charge in [-0.1, -0.05) is 24.3 Å². The lowest BCUT2D eigenvalue weighted by molar-refractivity contribution is -0.274. The standard InChI is InChI=1S/C17H14F4N2O3/c18-14-4-2-1-3-13(14)16(25)23-10-15(24)22-9-11-5-7-12(8-6-11)26-17(19,20)21/h1-8H,9-10H2,(H,22,24)(H,23,25). The van der Waals surface area contributed by atoms with Crippen LogP contribution in [0.25, 0.3) is 0 Å². The summed E-state index contributed by atoms with van der Waals surface area (Å²) in [7, 11) is 0. The quantitative estimate of drug-likeness (QED) is 0.769. The number of alkyl halides is 3. The Morgan fingerprint density at radius 3 is 2.23 bits per heavy atom. The van der Waals surface area contributed by atoms with E-state index in [1.54, 1.807) is 0 Å². The van der Waals surface area contributed by atoms with Gasteiger partial charge in [-0.15, -0.1) is 13.2 Å². The zero-order valence-corrected chi connectivity index (χ0v) is 13.3. The molecule has 5 nitrogen and oxygen atoms in total. The maximum absolute atomic E-state index is 13.4. The van der Waals surface area contributed by atoms with Crippen LogP contribution >= 0.6 is 0 Å². The Bertz CT molecular complexity index is 776. The second-order valence-electron chi connectivity index (χ2n) is 5.13. The smallest absolute Gasteiger partial charge is 0.406 e. The molecule has 9 heteroatoms. The number of hydrogen-bond acceptors (Lipinski definition) is 3. The van der Waals surface area contributed by atoms with Crippen molar-refractivity contribution in [2.24, 2.45) is 0 Å². The molecule has 138 valence electrons. The molecule has 0 radical (unpaired) electrons. The minimum atomic E-state index is -4.77. The Morgan fingerprint density at radius 2 is 1.62 bits per heavy atom. The van der Waals surface area contributed by atoms with Gasteiger partial charge in [-0.2, -0.15) is 0 Å². The van der Waals surface area contributed by atoms with Crippen molar-refractivity contribution in [3.05, 3.63) is 65.5 Å². The van der Waals surface area contributed by atoms with Gasteiger partial charge >= 0.3 is 6.36 Å². The Hall–Kier alpha value is -3.10. The van der Waals surface area contributed by atoms with Crippen LogP contribution in [0.15, 0.2) is 48.5 Å². The predicted molar refractivity (Wildman–Crippen MR) is 83.7 cm³/mol. The number of amides is 2. The van der Waals surface area contributed by atoms with Crippen LogP contribution in [0.2, 0.25) is 0 Å². The fourth-order valence-corrected chi connectivity index (χ4v) is 1.97. The molecule has 0 saturated carbocycles. The van der Waals surface area contributed by atoms with Crippen LogP contribution in [0.3, 0.4) is 0 Å². The number of hydrogen-bond donors (Lipinski definition) is 2. The zero-order chi connectivity index (χ0) is 19.2. The van der Waals surface area contributed by atoms with E-state index >= 15 is 0 Å². The summed E-state index contributed by atoms with van der Waals surface area (Å²) in [6, 6.07) is 10.3. The van der Waals surface area contributed by atoms with E-state index < -0.39 is 24.0 Å². The molecule has 0 spiro atoms. The lowest BCUT2D eigenvalue weighted by Crippen LogP contribution is -2.36. The molecule has 0 aliphatic carbocycles. The van der Waals surface area contributed by atoms with E-state index in [-0.39, 0.29) is 24.4 Å². The average Bonchev–Trinajstić information content (AvgIpc) is 2.58. The molecule has 0 bridgehead atoms. The maximum atomic E-state index is 13.4.